The van der Waals surface area contributed by atoms with Crippen LogP contribution in [0.15, 0.2) is 28.7 Å². The molecule has 1 N–H and O–H groups in total. The van der Waals surface area contributed by atoms with E-state index >= 15 is 0 Å². The Morgan fingerprint density at radius 1 is 1.25 bits per heavy atom. The van der Waals surface area contributed by atoms with Gasteiger partial charge in [0.25, 0.3) is 0 Å². The van der Waals surface area contributed by atoms with Gasteiger partial charge < -0.3 is 10.0 Å². The van der Waals surface area contributed by atoms with Crippen molar-refractivity contribution in [3.8, 4) is 0 Å². The third kappa shape index (κ3) is 4.30. The molecule has 1 heterocycles. The van der Waals surface area contributed by atoms with Crippen molar-refractivity contribution in [1.82, 2.24) is 9.80 Å². The van der Waals surface area contributed by atoms with Gasteiger partial charge in [-0.3, -0.25) is 9.69 Å². The van der Waals surface area contributed by atoms with Crippen molar-refractivity contribution < 1.29 is 9.90 Å². The van der Waals surface area contributed by atoms with Crippen LogP contribution in [0.5, 0.6) is 0 Å². The Labute approximate surface area is 128 Å². The minimum atomic E-state index is -0.480. The lowest BCUT2D eigenvalue weighted by molar-refractivity contribution is -0.128. The summed E-state index contributed by atoms with van der Waals surface area (Å²) >= 11 is 3.39. The molecule has 1 atom stereocenters. The molecule has 0 radical (unpaired) electrons. The van der Waals surface area contributed by atoms with Crippen LogP contribution >= 0.6 is 15.9 Å². The van der Waals surface area contributed by atoms with Crippen LogP contribution in [0.4, 0.5) is 0 Å². The second-order valence-corrected chi connectivity index (χ2v) is 6.14. The van der Waals surface area contributed by atoms with Crippen LogP contribution in [0.1, 0.15) is 25.0 Å². The fourth-order valence-corrected chi connectivity index (χ4v) is 2.77. The SMILES string of the molecule is CC(=O)N1CCCN(C[C@H](O)c2ccc(Br)cc2)CC1. The first-order valence-electron chi connectivity index (χ1n) is 6.97. The van der Waals surface area contributed by atoms with E-state index in [2.05, 4.69) is 20.8 Å². The third-order valence-corrected chi connectivity index (χ3v) is 4.25. The minimum absolute atomic E-state index is 0.139. The number of amides is 1. The van der Waals surface area contributed by atoms with Gasteiger partial charge in [0.2, 0.25) is 5.91 Å². The number of halogens is 1. The Bertz CT molecular complexity index is 450. The molecular formula is C15H21BrN2O2. The minimum Gasteiger partial charge on any atom is -0.387 e. The van der Waals surface area contributed by atoms with Crippen LogP contribution < -0.4 is 0 Å². The van der Waals surface area contributed by atoms with E-state index in [4.69, 9.17) is 0 Å². The highest BCUT2D eigenvalue weighted by atomic mass is 79.9. The average Bonchev–Trinajstić information content (AvgIpc) is 2.65. The molecule has 1 amide bonds. The zero-order valence-electron chi connectivity index (χ0n) is 11.8. The van der Waals surface area contributed by atoms with Crippen molar-refractivity contribution in [1.29, 1.82) is 0 Å². The highest BCUT2D eigenvalue weighted by Crippen LogP contribution is 2.18. The van der Waals surface area contributed by atoms with Gasteiger partial charge in [-0.15, -0.1) is 0 Å². The Kier molecular flexibility index (Phi) is 5.57. The van der Waals surface area contributed by atoms with E-state index < -0.39 is 6.10 Å². The summed E-state index contributed by atoms with van der Waals surface area (Å²) in [6.07, 6.45) is 0.485. The first-order valence-corrected chi connectivity index (χ1v) is 7.77. The number of nitrogens with zero attached hydrogens (tertiary/aromatic N) is 2. The summed E-state index contributed by atoms with van der Waals surface area (Å²) in [7, 11) is 0. The number of hydrogen-bond acceptors (Lipinski definition) is 3. The smallest absolute Gasteiger partial charge is 0.219 e. The lowest BCUT2D eigenvalue weighted by Crippen LogP contribution is -2.35. The van der Waals surface area contributed by atoms with Crippen LogP contribution in [-0.2, 0) is 4.79 Å². The number of carbonyl (C=O) groups excluding carboxylic acids is 1. The van der Waals surface area contributed by atoms with Gasteiger partial charge in [0.15, 0.2) is 0 Å². The molecule has 1 aromatic rings. The molecule has 1 aromatic carbocycles. The second kappa shape index (κ2) is 7.20. The predicted octanol–water partition coefficient (Wildman–Crippen LogP) is 2.04. The topological polar surface area (TPSA) is 43.8 Å². The normalized spacial score (nSPS) is 18.6. The van der Waals surface area contributed by atoms with Crippen LogP contribution in [0.25, 0.3) is 0 Å². The van der Waals surface area contributed by atoms with Gasteiger partial charge in [0.1, 0.15) is 0 Å². The maximum atomic E-state index is 11.4. The number of rotatable bonds is 3. The van der Waals surface area contributed by atoms with Gasteiger partial charge in [0.05, 0.1) is 6.10 Å². The van der Waals surface area contributed by atoms with Gasteiger partial charge in [-0.2, -0.15) is 0 Å². The molecule has 1 saturated heterocycles. The van der Waals surface area contributed by atoms with Crippen LogP contribution in [0.3, 0.4) is 0 Å². The van der Waals surface area contributed by atoms with Gasteiger partial charge in [0, 0.05) is 44.1 Å². The zero-order chi connectivity index (χ0) is 14.5. The average molecular weight is 341 g/mol. The summed E-state index contributed by atoms with van der Waals surface area (Å²) in [6.45, 7) is 5.56. The number of hydrogen-bond donors (Lipinski definition) is 1. The Balaban J connectivity index is 1.89. The molecule has 5 heteroatoms. The lowest BCUT2D eigenvalue weighted by atomic mass is 10.1. The van der Waals surface area contributed by atoms with Gasteiger partial charge >= 0.3 is 0 Å². The molecule has 0 saturated carbocycles. The highest BCUT2D eigenvalue weighted by molar-refractivity contribution is 9.10. The van der Waals surface area contributed by atoms with Crippen molar-refractivity contribution in [3.05, 3.63) is 34.3 Å². The molecule has 0 bridgehead atoms. The van der Waals surface area contributed by atoms with E-state index in [-0.39, 0.29) is 5.91 Å². The summed E-state index contributed by atoms with van der Waals surface area (Å²) in [5, 5.41) is 10.3. The Morgan fingerprint density at radius 3 is 2.60 bits per heavy atom. The zero-order valence-corrected chi connectivity index (χ0v) is 13.3. The van der Waals surface area contributed by atoms with Gasteiger partial charge in [-0.1, -0.05) is 28.1 Å². The number of aliphatic hydroxyl groups is 1. The Morgan fingerprint density at radius 2 is 1.95 bits per heavy atom. The van der Waals surface area contributed by atoms with E-state index in [1.807, 2.05) is 29.2 Å². The predicted molar refractivity (Wildman–Crippen MR) is 82.4 cm³/mol. The highest BCUT2D eigenvalue weighted by Gasteiger charge is 2.19. The molecule has 1 aliphatic heterocycles. The van der Waals surface area contributed by atoms with Crippen molar-refractivity contribution in [3.63, 3.8) is 0 Å². The summed E-state index contributed by atoms with van der Waals surface area (Å²) in [4.78, 5) is 15.5. The van der Waals surface area contributed by atoms with Crippen LogP contribution in [-0.4, -0.2) is 53.5 Å². The molecular weight excluding hydrogens is 320 g/mol. The van der Waals surface area contributed by atoms with E-state index in [0.717, 1.165) is 42.6 Å². The second-order valence-electron chi connectivity index (χ2n) is 5.23. The van der Waals surface area contributed by atoms with Gasteiger partial charge in [-0.05, 0) is 24.1 Å². The summed E-state index contributed by atoms with van der Waals surface area (Å²) in [6, 6.07) is 7.76. The summed E-state index contributed by atoms with van der Waals surface area (Å²) in [5.74, 6) is 0.139. The van der Waals surface area contributed by atoms with Gasteiger partial charge in [-0.25, -0.2) is 0 Å². The van der Waals surface area contributed by atoms with E-state index in [1.165, 1.54) is 0 Å². The quantitative estimate of drug-likeness (QED) is 0.915. The van der Waals surface area contributed by atoms with Crippen molar-refractivity contribution in [2.45, 2.75) is 19.4 Å². The molecule has 2 rings (SSSR count). The van der Waals surface area contributed by atoms with Crippen LogP contribution in [0.2, 0.25) is 0 Å². The fourth-order valence-electron chi connectivity index (χ4n) is 2.50. The fraction of sp³-hybridized carbons (Fsp3) is 0.533. The van der Waals surface area contributed by atoms with E-state index in [0.29, 0.717) is 6.54 Å². The number of carbonyl (C=O) groups is 1. The number of benzene rings is 1. The molecule has 20 heavy (non-hydrogen) atoms. The van der Waals surface area contributed by atoms with E-state index in [1.54, 1.807) is 6.92 Å². The first kappa shape index (κ1) is 15.5. The molecule has 0 unspecified atom stereocenters. The first-order chi connectivity index (χ1) is 9.56. The largest absolute Gasteiger partial charge is 0.387 e. The molecule has 0 aromatic heterocycles. The van der Waals surface area contributed by atoms with Crippen molar-refractivity contribution in [2.24, 2.45) is 0 Å². The molecule has 0 aliphatic carbocycles. The molecule has 110 valence electrons. The third-order valence-electron chi connectivity index (χ3n) is 3.72. The lowest BCUT2D eigenvalue weighted by Gasteiger charge is -2.24. The molecule has 0 spiro atoms. The summed E-state index contributed by atoms with van der Waals surface area (Å²) < 4.78 is 1.01. The number of aliphatic hydroxyl groups excluding tert-OH is 1. The standard InChI is InChI=1S/C15H21BrN2O2/c1-12(19)18-8-2-7-17(9-10-18)11-15(20)13-3-5-14(16)6-4-13/h3-6,15,20H,2,7-11H2,1H3/t15-/m0/s1. The Hall–Kier alpha value is -0.910. The van der Waals surface area contributed by atoms with Crippen molar-refractivity contribution >= 4 is 21.8 Å². The van der Waals surface area contributed by atoms with Crippen molar-refractivity contribution in [2.75, 3.05) is 32.7 Å². The maximum absolute atomic E-state index is 11.4. The summed E-state index contributed by atoms with van der Waals surface area (Å²) in [5.41, 5.74) is 0.931. The van der Waals surface area contributed by atoms with Crippen LogP contribution in [0, 0.1) is 0 Å². The van der Waals surface area contributed by atoms with E-state index in [9.17, 15) is 9.90 Å². The molecule has 1 fully saturated rings. The maximum Gasteiger partial charge on any atom is 0.219 e. The monoisotopic (exact) mass is 340 g/mol. The molecule has 1 aliphatic rings. The number of β-amino-alcohol motifs (C(OH)–C–C–N with tert-alkyl or cyclic N) is 1. The molecule has 4 nitrogen and oxygen atoms in total.